The molecule has 2 unspecified atom stereocenters. The predicted molar refractivity (Wildman–Crippen MR) is 67.3 cm³/mol. The largest absolute Gasteiger partial charge is 0.122 e. The second-order valence-electron chi connectivity index (χ2n) is 4.07. The number of halogens is 3. The maximum atomic E-state index is 6.34. The molecule has 2 atom stereocenters. The molecule has 0 heterocycles. The van der Waals surface area contributed by atoms with Crippen LogP contribution in [-0.2, 0) is 0 Å². The molecule has 0 nitrogen and oxygen atoms in total. The molecule has 1 aliphatic carbocycles. The Balaban J connectivity index is 2.30. The molecular formula is C12H13Cl3. The van der Waals surface area contributed by atoms with Crippen molar-refractivity contribution in [3.05, 3.63) is 33.8 Å². The highest BCUT2D eigenvalue weighted by Crippen LogP contribution is 2.40. The van der Waals surface area contributed by atoms with Gasteiger partial charge in [-0.05, 0) is 36.6 Å². The van der Waals surface area contributed by atoms with Crippen LogP contribution in [0, 0.1) is 0 Å². The molecule has 0 radical (unpaired) electrons. The van der Waals surface area contributed by atoms with Gasteiger partial charge in [-0.1, -0.05) is 36.0 Å². The van der Waals surface area contributed by atoms with Gasteiger partial charge < -0.3 is 0 Å². The third-order valence-electron chi connectivity index (χ3n) is 3.04. The highest BCUT2D eigenvalue weighted by molar-refractivity contribution is 6.33. The zero-order chi connectivity index (χ0) is 10.8. The minimum absolute atomic E-state index is 0.203. The molecule has 82 valence electrons. The van der Waals surface area contributed by atoms with E-state index in [0.29, 0.717) is 5.92 Å². The lowest BCUT2D eigenvalue weighted by molar-refractivity contribution is 0.451. The summed E-state index contributed by atoms with van der Waals surface area (Å²) in [6.07, 6.45) is 4.66. The molecule has 1 aliphatic rings. The van der Waals surface area contributed by atoms with Crippen molar-refractivity contribution in [2.75, 3.05) is 0 Å². The minimum atomic E-state index is 0.203. The molecule has 1 saturated carbocycles. The Bertz CT molecular complexity index is 349. The molecule has 0 bridgehead atoms. The van der Waals surface area contributed by atoms with E-state index in [4.69, 9.17) is 34.8 Å². The van der Waals surface area contributed by atoms with Crippen LogP contribution in [0.5, 0.6) is 0 Å². The Kier molecular flexibility index (Phi) is 3.82. The number of hydrogen-bond acceptors (Lipinski definition) is 0. The fraction of sp³-hybridized carbons (Fsp3) is 0.500. The second kappa shape index (κ2) is 4.95. The van der Waals surface area contributed by atoms with Crippen LogP contribution in [0.3, 0.4) is 0 Å². The summed E-state index contributed by atoms with van der Waals surface area (Å²) in [5, 5.41) is 1.73. The Labute approximate surface area is 106 Å². The highest BCUT2D eigenvalue weighted by Gasteiger charge is 2.26. The molecule has 0 amide bonds. The summed E-state index contributed by atoms with van der Waals surface area (Å²) < 4.78 is 0. The predicted octanol–water partition coefficient (Wildman–Crippen LogP) is 5.26. The van der Waals surface area contributed by atoms with Gasteiger partial charge in [0.2, 0.25) is 0 Å². The lowest BCUT2D eigenvalue weighted by atomic mass is 9.83. The minimum Gasteiger partial charge on any atom is -0.122 e. The van der Waals surface area contributed by atoms with Crippen LogP contribution in [0.15, 0.2) is 18.2 Å². The van der Waals surface area contributed by atoms with Crippen LogP contribution in [0.4, 0.5) is 0 Å². The fourth-order valence-electron chi connectivity index (χ4n) is 2.23. The summed E-state index contributed by atoms with van der Waals surface area (Å²) in [6.45, 7) is 0. The van der Waals surface area contributed by atoms with Crippen molar-refractivity contribution in [2.24, 2.45) is 0 Å². The van der Waals surface area contributed by atoms with E-state index in [0.717, 1.165) is 28.5 Å². The van der Waals surface area contributed by atoms with Crippen molar-refractivity contribution >= 4 is 34.8 Å². The van der Waals surface area contributed by atoms with Crippen molar-refractivity contribution in [1.29, 1.82) is 0 Å². The normalized spacial score (nSPS) is 26.6. The summed E-state index contributed by atoms with van der Waals surface area (Å²) in [4.78, 5) is 0. The van der Waals surface area contributed by atoms with Crippen molar-refractivity contribution in [3.63, 3.8) is 0 Å². The Hall–Kier alpha value is 0.0900. The van der Waals surface area contributed by atoms with E-state index in [1.54, 1.807) is 0 Å². The highest BCUT2D eigenvalue weighted by atomic mass is 35.5. The third kappa shape index (κ3) is 2.61. The molecule has 1 aromatic rings. The molecule has 0 N–H and O–H groups in total. The van der Waals surface area contributed by atoms with Gasteiger partial charge in [0.15, 0.2) is 0 Å². The zero-order valence-corrected chi connectivity index (χ0v) is 10.6. The van der Waals surface area contributed by atoms with Crippen LogP contribution in [0.2, 0.25) is 10.0 Å². The summed E-state index contributed by atoms with van der Waals surface area (Å²) in [7, 11) is 0. The van der Waals surface area contributed by atoms with Crippen LogP contribution < -0.4 is 0 Å². The van der Waals surface area contributed by atoms with E-state index in [1.807, 2.05) is 18.2 Å². The SMILES string of the molecule is Clc1ccc(Cl)c(C2CCCCC2Cl)c1. The first-order chi connectivity index (χ1) is 7.18. The van der Waals surface area contributed by atoms with E-state index < -0.39 is 0 Å². The molecule has 0 aliphatic heterocycles. The zero-order valence-electron chi connectivity index (χ0n) is 8.35. The second-order valence-corrected chi connectivity index (χ2v) is 5.48. The van der Waals surface area contributed by atoms with Crippen molar-refractivity contribution < 1.29 is 0 Å². The lowest BCUT2D eigenvalue weighted by Gasteiger charge is -2.28. The van der Waals surface area contributed by atoms with E-state index in [1.165, 1.54) is 12.8 Å². The van der Waals surface area contributed by atoms with E-state index in [2.05, 4.69) is 0 Å². The van der Waals surface area contributed by atoms with Crippen molar-refractivity contribution in [2.45, 2.75) is 37.0 Å². The molecule has 2 rings (SSSR count). The van der Waals surface area contributed by atoms with Crippen molar-refractivity contribution in [3.8, 4) is 0 Å². The Morgan fingerprint density at radius 1 is 1.07 bits per heavy atom. The number of hydrogen-bond donors (Lipinski definition) is 0. The number of benzene rings is 1. The first kappa shape index (κ1) is 11.6. The Morgan fingerprint density at radius 3 is 2.53 bits per heavy atom. The lowest BCUT2D eigenvalue weighted by Crippen LogP contribution is -2.18. The molecular weight excluding hydrogens is 250 g/mol. The van der Waals surface area contributed by atoms with Crippen molar-refractivity contribution in [1.82, 2.24) is 0 Å². The monoisotopic (exact) mass is 262 g/mol. The van der Waals surface area contributed by atoms with Gasteiger partial charge in [0.05, 0.1) is 0 Å². The molecule has 0 spiro atoms. The van der Waals surface area contributed by atoms with Gasteiger partial charge >= 0.3 is 0 Å². The molecule has 15 heavy (non-hydrogen) atoms. The quantitative estimate of drug-likeness (QED) is 0.606. The summed E-state index contributed by atoms with van der Waals surface area (Å²) in [5.74, 6) is 0.367. The molecule has 3 heteroatoms. The number of rotatable bonds is 1. The molecule has 1 aromatic carbocycles. The van der Waals surface area contributed by atoms with Gasteiger partial charge in [-0.15, -0.1) is 11.6 Å². The van der Waals surface area contributed by atoms with Gasteiger partial charge in [-0.25, -0.2) is 0 Å². The summed E-state index contributed by atoms with van der Waals surface area (Å²) in [5.41, 5.74) is 1.11. The van der Waals surface area contributed by atoms with E-state index in [9.17, 15) is 0 Å². The topological polar surface area (TPSA) is 0 Å². The third-order valence-corrected chi connectivity index (χ3v) is 4.14. The molecule has 0 aromatic heterocycles. The summed E-state index contributed by atoms with van der Waals surface area (Å²) >= 11 is 18.5. The van der Waals surface area contributed by atoms with Gasteiger partial charge in [0.1, 0.15) is 0 Å². The van der Waals surface area contributed by atoms with Crippen LogP contribution in [0.1, 0.15) is 37.2 Å². The van der Waals surface area contributed by atoms with Crippen LogP contribution in [-0.4, -0.2) is 5.38 Å². The fourth-order valence-corrected chi connectivity index (χ4v) is 3.09. The van der Waals surface area contributed by atoms with Crippen LogP contribution in [0.25, 0.3) is 0 Å². The average molecular weight is 264 g/mol. The van der Waals surface area contributed by atoms with E-state index in [-0.39, 0.29) is 5.38 Å². The van der Waals surface area contributed by atoms with Gasteiger partial charge in [-0.3, -0.25) is 0 Å². The summed E-state index contributed by atoms with van der Waals surface area (Å²) in [6, 6.07) is 5.63. The molecule has 1 fully saturated rings. The van der Waals surface area contributed by atoms with Crippen LogP contribution >= 0.6 is 34.8 Å². The standard InChI is InChI=1S/C12H13Cl3/c13-8-5-6-12(15)10(7-8)9-3-1-2-4-11(9)14/h5-7,9,11H,1-4H2. The molecule has 0 saturated heterocycles. The average Bonchev–Trinajstić information content (AvgIpc) is 2.23. The smallest absolute Gasteiger partial charge is 0.0442 e. The van der Waals surface area contributed by atoms with Gasteiger partial charge in [0.25, 0.3) is 0 Å². The maximum absolute atomic E-state index is 6.34. The van der Waals surface area contributed by atoms with E-state index >= 15 is 0 Å². The van der Waals surface area contributed by atoms with Gasteiger partial charge in [0, 0.05) is 21.3 Å². The first-order valence-corrected chi connectivity index (χ1v) is 6.47. The number of alkyl halides is 1. The van der Waals surface area contributed by atoms with Gasteiger partial charge in [-0.2, -0.15) is 0 Å². The Morgan fingerprint density at radius 2 is 1.80 bits per heavy atom. The first-order valence-electron chi connectivity index (χ1n) is 5.27. The maximum Gasteiger partial charge on any atom is 0.0442 e.